The quantitative estimate of drug-likeness (QED) is 0.622. The zero-order valence-corrected chi connectivity index (χ0v) is 18.6. The second kappa shape index (κ2) is 8.95. The molecule has 0 N–H and O–H groups in total. The molecule has 5 nitrogen and oxygen atoms in total. The molecule has 152 valence electrons. The largest absolute Gasteiger partial charge is 0.495 e. The fourth-order valence-electron chi connectivity index (χ4n) is 3.75. The van der Waals surface area contributed by atoms with Gasteiger partial charge in [0, 0.05) is 43.2 Å². The Morgan fingerprint density at radius 2 is 1.64 bits per heavy atom. The fourth-order valence-corrected chi connectivity index (χ4v) is 4.87. The zero-order chi connectivity index (χ0) is 20.3. The molecule has 1 aromatic carbocycles. The van der Waals surface area contributed by atoms with Crippen LogP contribution in [-0.2, 0) is 4.74 Å². The van der Waals surface area contributed by atoms with E-state index in [9.17, 15) is 0 Å². The number of benzene rings is 1. The maximum absolute atomic E-state index is 5.68. The second-order valence-corrected chi connectivity index (χ2v) is 7.86. The molecular formula is C22H31N3O2S. The minimum atomic E-state index is 0.194. The van der Waals surface area contributed by atoms with Crippen molar-refractivity contribution < 1.29 is 9.47 Å². The molecule has 0 bridgehead atoms. The Hall–Kier alpha value is -2.08. The summed E-state index contributed by atoms with van der Waals surface area (Å²) in [5, 5.41) is 0.194. The number of allylic oxidation sites excluding steroid dienone is 1. The van der Waals surface area contributed by atoms with E-state index in [2.05, 4.69) is 61.8 Å². The first-order valence-electron chi connectivity index (χ1n) is 10.0. The summed E-state index contributed by atoms with van der Waals surface area (Å²) < 4.78 is 11.4. The van der Waals surface area contributed by atoms with Gasteiger partial charge in [-0.2, -0.15) is 0 Å². The van der Waals surface area contributed by atoms with Gasteiger partial charge in [0.25, 0.3) is 0 Å². The van der Waals surface area contributed by atoms with Gasteiger partial charge >= 0.3 is 0 Å². The van der Waals surface area contributed by atoms with E-state index in [1.54, 1.807) is 14.2 Å². The summed E-state index contributed by atoms with van der Waals surface area (Å²) >= 11 is 1.85. The Balaban J connectivity index is 2.04. The summed E-state index contributed by atoms with van der Waals surface area (Å²) in [5.41, 5.74) is 4.29. The number of aliphatic imine (C=N–C) groups is 1. The predicted octanol–water partition coefficient (Wildman–Crippen LogP) is 4.86. The van der Waals surface area contributed by atoms with Crippen LogP contribution in [0, 0.1) is 0 Å². The molecule has 3 rings (SSSR count). The molecule has 1 aliphatic heterocycles. The molecule has 0 spiro atoms. The van der Waals surface area contributed by atoms with Crippen molar-refractivity contribution in [3.8, 4) is 5.75 Å². The Morgan fingerprint density at radius 1 is 0.964 bits per heavy atom. The molecule has 2 aliphatic rings. The number of hydrogen-bond acceptors (Lipinski definition) is 6. The van der Waals surface area contributed by atoms with Gasteiger partial charge in [-0.15, -0.1) is 11.8 Å². The molecule has 1 aromatic rings. The molecule has 28 heavy (non-hydrogen) atoms. The third-order valence-corrected chi connectivity index (χ3v) is 6.54. The molecule has 1 heterocycles. The Bertz CT molecular complexity index is 808. The van der Waals surface area contributed by atoms with E-state index in [0.29, 0.717) is 0 Å². The lowest BCUT2D eigenvalue weighted by molar-refractivity contribution is 0.262. The summed E-state index contributed by atoms with van der Waals surface area (Å²) in [6, 6.07) is 4.29. The highest BCUT2D eigenvalue weighted by Gasteiger charge is 2.30. The maximum Gasteiger partial charge on any atom is 0.144 e. The molecule has 0 radical (unpaired) electrons. The van der Waals surface area contributed by atoms with Crippen molar-refractivity contribution in [3.63, 3.8) is 0 Å². The Morgan fingerprint density at radius 3 is 2.21 bits per heavy atom. The molecule has 1 atom stereocenters. The second-order valence-electron chi connectivity index (χ2n) is 6.68. The van der Waals surface area contributed by atoms with Crippen LogP contribution in [-0.4, -0.2) is 56.3 Å². The van der Waals surface area contributed by atoms with E-state index in [-0.39, 0.29) is 5.25 Å². The fraction of sp³-hybridized carbons (Fsp3) is 0.500. The van der Waals surface area contributed by atoms with Crippen LogP contribution in [0.5, 0.6) is 5.75 Å². The average Bonchev–Trinajstić information content (AvgIpc) is 2.73. The van der Waals surface area contributed by atoms with Crippen molar-refractivity contribution in [1.29, 1.82) is 0 Å². The molecule has 6 heteroatoms. The molecule has 0 amide bonds. The lowest BCUT2D eigenvalue weighted by atomic mass is 10.1. The van der Waals surface area contributed by atoms with Crippen molar-refractivity contribution in [3.05, 3.63) is 35.7 Å². The number of ether oxygens (including phenoxy) is 2. The number of anilines is 1. The van der Waals surface area contributed by atoms with Crippen molar-refractivity contribution in [2.45, 2.75) is 37.8 Å². The number of thioether (sulfide) groups is 1. The summed E-state index contributed by atoms with van der Waals surface area (Å²) in [4.78, 5) is 10.8. The maximum atomic E-state index is 5.68. The van der Waals surface area contributed by atoms with Crippen LogP contribution >= 0.6 is 11.8 Å². The molecular weight excluding hydrogens is 370 g/mol. The van der Waals surface area contributed by atoms with Gasteiger partial charge in [-0.3, -0.25) is 4.99 Å². The molecule has 0 saturated carbocycles. The average molecular weight is 402 g/mol. The summed E-state index contributed by atoms with van der Waals surface area (Å²) in [6.45, 7) is 12.5. The number of nitrogens with zero attached hydrogens (tertiary/aromatic N) is 3. The van der Waals surface area contributed by atoms with Crippen LogP contribution in [0.4, 0.5) is 11.4 Å². The summed E-state index contributed by atoms with van der Waals surface area (Å²) in [5.74, 6) is 1.76. The van der Waals surface area contributed by atoms with E-state index in [4.69, 9.17) is 14.5 Å². The number of fused-ring (bicyclic) bond motifs is 2. The van der Waals surface area contributed by atoms with Crippen LogP contribution in [0.1, 0.15) is 27.7 Å². The molecule has 1 aliphatic carbocycles. The standard InChI is InChI=1S/C22H31N3O2S/c1-7-24(8-2)17-13-21-15(11-19(17)26-5)23-16-12-20(27-6)18(14-22(16)28-21)25(9-3)10-4/h11-14,21H,7-10H2,1-6H3. The first-order chi connectivity index (χ1) is 13.6. The van der Waals surface area contributed by atoms with E-state index in [0.717, 1.165) is 60.5 Å². The normalized spacial score (nSPS) is 17.6. The van der Waals surface area contributed by atoms with Gasteiger partial charge in [0.2, 0.25) is 0 Å². The minimum absolute atomic E-state index is 0.194. The van der Waals surface area contributed by atoms with Gasteiger partial charge in [0.1, 0.15) is 11.5 Å². The highest BCUT2D eigenvalue weighted by atomic mass is 32.2. The van der Waals surface area contributed by atoms with Gasteiger partial charge in [-0.25, -0.2) is 0 Å². The first-order valence-corrected chi connectivity index (χ1v) is 10.9. The smallest absolute Gasteiger partial charge is 0.144 e. The molecule has 0 fully saturated rings. The van der Waals surface area contributed by atoms with Gasteiger partial charge in [0.15, 0.2) is 0 Å². The van der Waals surface area contributed by atoms with Crippen LogP contribution < -0.4 is 9.64 Å². The lowest BCUT2D eigenvalue weighted by Gasteiger charge is -2.32. The predicted molar refractivity (Wildman–Crippen MR) is 119 cm³/mol. The third kappa shape index (κ3) is 3.75. The van der Waals surface area contributed by atoms with E-state index < -0.39 is 0 Å². The SMILES string of the molecule is CCN(CC)C1=CC2Sc3cc(N(CC)CC)c(OC)cc3N=C2C=C1OC. The van der Waals surface area contributed by atoms with Crippen LogP contribution in [0.2, 0.25) is 0 Å². The first kappa shape index (κ1) is 20.6. The number of rotatable bonds is 8. The van der Waals surface area contributed by atoms with Gasteiger partial charge in [-0.1, -0.05) is 0 Å². The van der Waals surface area contributed by atoms with E-state index in [1.807, 2.05) is 11.8 Å². The molecule has 0 saturated heterocycles. The van der Waals surface area contributed by atoms with E-state index >= 15 is 0 Å². The van der Waals surface area contributed by atoms with Gasteiger partial charge < -0.3 is 19.3 Å². The third-order valence-electron chi connectivity index (χ3n) is 5.32. The van der Waals surface area contributed by atoms with Crippen molar-refractivity contribution >= 4 is 28.8 Å². The number of likely N-dealkylation sites (N-methyl/N-ethyl adjacent to an activating group) is 1. The summed E-state index contributed by atoms with van der Waals surface area (Å²) in [7, 11) is 3.46. The number of methoxy groups -OCH3 is 2. The number of hydrogen-bond donors (Lipinski definition) is 0. The monoisotopic (exact) mass is 401 g/mol. The topological polar surface area (TPSA) is 37.3 Å². The lowest BCUT2D eigenvalue weighted by Crippen LogP contribution is -2.30. The van der Waals surface area contributed by atoms with Gasteiger partial charge in [-0.05, 0) is 39.8 Å². The summed E-state index contributed by atoms with van der Waals surface area (Å²) in [6.07, 6.45) is 4.37. The zero-order valence-electron chi connectivity index (χ0n) is 17.8. The highest BCUT2D eigenvalue weighted by molar-refractivity contribution is 8.01. The molecule has 1 unspecified atom stereocenters. The van der Waals surface area contributed by atoms with Crippen LogP contribution in [0.25, 0.3) is 0 Å². The Kier molecular flexibility index (Phi) is 6.60. The van der Waals surface area contributed by atoms with Gasteiger partial charge in [0.05, 0.1) is 42.3 Å². The van der Waals surface area contributed by atoms with Crippen molar-refractivity contribution in [2.24, 2.45) is 4.99 Å². The van der Waals surface area contributed by atoms with E-state index in [1.165, 1.54) is 4.90 Å². The van der Waals surface area contributed by atoms with Crippen molar-refractivity contribution in [1.82, 2.24) is 4.90 Å². The Labute approximate surface area is 173 Å². The molecule has 0 aromatic heterocycles. The van der Waals surface area contributed by atoms with Crippen LogP contribution in [0.3, 0.4) is 0 Å². The minimum Gasteiger partial charge on any atom is -0.495 e. The van der Waals surface area contributed by atoms with Crippen LogP contribution in [0.15, 0.2) is 45.6 Å². The highest BCUT2D eigenvalue weighted by Crippen LogP contribution is 2.46. The van der Waals surface area contributed by atoms with Crippen molar-refractivity contribution in [2.75, 3.05) is 45.3 Å².